The van der Waals surface area contributed by atoms with E-state index in [1.807, 2.05) is 12.1 Å². The Kier molecular flexibility index (Phi) is 6.25. The SMILES string of the molecule is N/C(CN1CCOCC1)=N\OCC(=O)NC1CCCc2ccccc21. The van der Waals surface area contributed by atoms with E-state index < -0.39 is 0 Å². The standard InChI is InChI=1S/C18H26N4O3/c19-17(12-22-8-10-24-11-9-22)21-25-13-18(23)20-16-7-3-5-14-4-1-2-6-15(14)16/h1-2,4,6,16H,3,5,7-13H2,(H2,19,21)(H,20,23). The highest BCUT2D eigenvalue weighted by molar-refractivity contribution is 5.82. The number of carbonyl (C=O) groups is 1. The van der Waals surface area contributed by atoms with Crippen LogP contribution in [0.3, 0.4) is 0 Å². The first-order chi connectivity index (χ1) is 12.2. The number of hydrogen-bond acceptors (Lipinski definition) is 5. The average Bonchev–Trinajstić information content (AvgIpc) is 2.63. The predicted octanol–water partition coefficient (Wildman–Crippen LogP) is 0.801. The Bertz CT molecular complexity index is 614. The van der Waals surface area contributed by atoms with Gasteiger partial charge in [-0.05, 0) is 30.4 Å². The summed E-state index contributed by atoms with van der Waals surface area (Å²) in [4.78, 5) is 19.4. The third-order valence-corrected chi connectivity index (χ3v) is 4.57. The number of carbonyl (C=O) groups excluding carboxylic acids is 1. The zero-order valence-corrected chi connectivity index (χ0v) is 14.4. The van der Waals surface area contributed by atoms with Crippen LogP contribution in [-0.4, -0.2) is 56.1 Å². The molecule has 3 N–H and O–H groups in total. The fraction of sp³-hybridized carbons (Fsp3) is 0.556. The summed E-state index contributed by atoms with van der Waals surface area (Å²) < 4.78 is 5.28. The molecule has 0 radical (unpaired) electrons. The van der Waals surface area contributed by atoms with Gasteiger partial charge in [0.15, 0.2) is 12.4 Å². The number of benzene rings is 1. The van der Waals surface area contributed by atoms with E-state index in [9.17, 15) is 4.79 Å². The Hall–Kier alpha value is -2.12. The van der Waals surface area contributed by atoms with Crippen LogP contribution in [0.1, 0.15) is 30.0 Å². The topological polar surface area (TPSA) is 89.2 Å². The quantitative estimate of drug-likeness (QED) is 0.452. The molecule has 1 aliphatic heterocycles. The zero-order valence-electron chi connectivity index (χ0n) is 14.4. The van der Waals surface area contributed by atoms with E-state index in [1.165, 1.54) is 11.1 Å². The second-order valence-corrected chi connectivity index (χ2v) is 6.46. The lowest BCUT2D eigenvalue weighted by Gasteiger charge is -2.26. The molecule has 0 spiro atoms. The van der Waals surface area contributed by atoms with Crippen molar-refractivity contribution < 1.29 is 14.4 Å². The zero-order chi connectivity index (χ0) is 17.5. The molecule has 0 aromatic heterocycles. The lowest BCUT2D eigenvalue weighted by molar-refractivity contribution is -0.126. The number of ether oxygens (including phenoxy) is 1. The highest BCUT2D eigenvalue weighted by Gasteiger charge is 2.21. The van der Waals surface area contributed by atoms with Crippen molar-refractivity contribution >= 4 is 11.7 Å². The molecule has 7 nitrogen and oxygen atoms in total. The third kappa shape index (κ3) is 5.17. The Labute approximate surface area is 148 Å². The molecule has 1 heterocycles. The van der Waals surface area contributed by atoms with Gasteiger partial charge in [-0.3, -0.25) is 9.69 Å². The Morgan fingerprint density at radius 1 is 1.36 bits per heavy atom. The van der Waals surface area contributed by atoms with Crippen molar-refractivity contribution in [1.82, 2.24) is 10.2 Å². The van der Waals surface area contributed by atoms with Gasteiger partial charge in [-0.25, -0.2) is 0 Å². The van der Waals surface area contributed by atoms with E-state index in [4.69, 9.17) is 15.3 Å². The van der Waals surface area contributed by atoms with Gasteiger partial charge in [0, 0.05) is 13.1 Å². The molecule has 0 saturated carbocycles. The van der Waals surface area contributed by atoms with Crippen molar-refractivity contribution in [2.24, 2.45) is 10.9 Å². The van der Waals surface area contributed by atoms with Crippen LogP contribution in [0.4, 0.5) is 0 Å². The molecule has 1 aromatic rings. The van der Waals surface area contributed by atoms with Gasteiger partial charge >= 0.3 is 0 Å². The van der Waals surface area contributed by atoms with Gasteiger partial charge < -0.3 is 20.6 Å². The third-order valence-electron chi connectivity index (χ3n) is 4.57. The summed E-state index contributed by atoms with van der Waals surface area (Å²) in [6, 6.07) is 8.31. The van der Waals surface area contributed by atoms with Crippen LogP contribution in [0.15, 0.2) is 29.4 Å². The van der Waals surface area contributed by atoms with Gasteiger partial charge in [-0.2, -0.15) is 0 Å². The predicted molar refractivity (Wildman–Crippen MR) is 95.1 cm³/mol. The second kappa shape index (κ2) is 8.82. The minimum absolute atomic E-state index is 0.0516. The Balaban J connectivity index is 1.43. The molecule has 1 fully saturated rings. The van der Waals surface area contributed by atoms with E-state index in [2.05, 4.69) is 27.5 Å². The number of hydrogen-bond donors (Lipinski definition) is 2. The molecule has 1 unspecified atom stereocenters. The molecule has 1 amide bonds. The molecule has 3 rings (SSSR count). The number of aryl methyl sites for hydroxylation is 1. The van der Waals surface area contributed by atoms with Gasteiger partial charge in [0.05, 0.1) is 25.8 Å². The largest absolute Gasteiger partial charge is 0.384 e. The fourth-order valence-corrected chi connectivity index (χ4v) is 3.33. The summed E-state index contributed by atoms with van der Waals surface area (Å²) in [5.74, 6) is 0.197. The summed E-state index contributed by atoms with van der Waals surface area (Å²) in [5, 5.41) is 6.88. The maximum atomic E-state index is 12.1. The van der Waals surface area contributed by atoms with E-state index in [1.54, 1.807) is 0 Å². The number of nitrogens with one attached hydrogen (secondary N) is 1. The number of morpholine rings is 1. The minimum Gasteiger partial charge on any atom is -0.384 e. The van der Waals surface area contributed by atoms with E-state index in [-0.39, 0.29) is 18.6 Å². The van der Waals surface area contributed by atoms with Gasteiger partial charge in [-0.1, -0.05) is 29.4 Å². The number of nitrogens with zero attached hydrogens (tertiary/aromatic N) is 2. The van der Waals surface area contributed by atoms with Crippen LogP contribution in [0, 0.1) is 0 Å². The number of fused-ring (bicyclic) bond motifs is 1. The molecule has 1 saturated heterocycles. The molecular formula is C18H26N4O3. The first-order valence-corrected chi connectivity index (χ1v) is 8.84. The van der Waals surface area contributed by atoms with Crippen molar-refractivity contribution in [2.45, 2.75) is 25.3 Å². The number of amidine groups is 1. The average molecular weight is 346 g/mol. The van der Waals surface area contributed by atoms with Crippen molar-refractivity contribution in [1.29, 1.82) is 0 Å². The monoisotopic (exact) mass is 346 g/mol. The summed E-state index contributed by atoms with van der Waals surface area (Å²) in [6.45, 7) is 3.48. The summed E-state index contributed by atoms with van der Waals surface area (Å²) in [6.07, 6.45) is 3.10. The molecule has 7 heteroatoms. The van der Waals surface area contributed by atoms with E-state index in [0.717, 1.165) is 32.4 Å². The van der Waals surface area contributed by atoms with Crippen molar-refractivity contribution in [2.75, 3.05) is 39.5 Å². The lowest BCUT2D eigenvalue weighted by Crippen LogP contribution is -2.41. The lowest BCUT2D eigenvalue weighted by atomic mass is 9.88. The first-order valence-electron chi connectivity index (χ1n) is 8.84. The molecule has 0 bridgehead atoms. The highest BCUT2D eigenvalue weighted by atomic mass is 16.6. The molecule has 1 aromatic carbocycles. The smallest absolute Gasteiger partial charge is 0.261 e. The van der Waals surface area contributed by atoms with Gasteiger partial charge in [-0.15, -0.1) is 0 Å². The molecule has 25 heavy (non-hydrogen) atoms. The highest BCUT2D eigenvalue weighted by Crippen LogP contribution is 2.29. The Morgan fingerprint density at radius 3 is 3.00 bits per heavy atom. The molecular weight excluding hydrogens is 320 g/mol. The Morgan fingerprint density at radius 2 is 2.16 bits per heavy atom. The van der Waals surface area contributed by atoms with Gasteiger partial charge in [0.2, 0.25) is 0 Å². The molecule has 136 valence electrons. The normalized spacial score (nSPS) is 21.4. The minimum atomic E-state index is -0.176. The second-order valence-electron chi connectivity index (χ2n) is 6.46. The first kappa shape index (κ1) is 17.7. The summed E-state index contributed by atoms with van der Waals surface area (Å²) in [5.41, 5.74) is 8.37. The molecule has 1 atom stereocenters. The van der Waals surface area contributed by atoms with Crippen LogP contribution in [0.25, 0.3) is 0 Å². The van der Waals surface area contributed by atoms with Gasteiger partial charge in [0.25, 0.3) is 5.91 Å². The van der Waals surface area contributed by atoms with E-state index >= 15 is 0 Å². The van der Waals surface area contributed by atoms with Gasteiger partial charge in [0.1, 0.15) is 0 Å². The fourth-order valence-electron chi connectivity index (χ4n) is 3.33. The number of oxime groups is 1. The van der Waals surface area contributed by atoms with Crippen LogP contribution in [0.2, 0.25) is 0 Å². The van der Waals surface area contributed by atoms with Crippen LogP contribution < -0.4 is 11.1 Å². The molecule has 2 aliphatic rings. The van der Waals surface area contributed by atoms with Crippen LogP contribution >= 0.6 is 0 Å². The molecule has 1 aliphatic carbocycles. The summed E-state index contributed by atoms with van der Waals surface area (Å²) >= 11 is 0. The number of nitrogens with two attached hydrogens (primary N) is 1. The van der Waals surface area contributed by atoms with Crippen molar-refractivity contribution in [3.8, 4) is 0 Å². The number of amides is 1. The van der Waals surface area contributed by atoms with Crippen LogP contribution in [-0.2, 0) is 20.8 Å². The summed E-state index contributed by atoms with van der Waals surface area (Å²) in [7, 11) is 0. The maximum absolute atomic E-state index is 12.1. The van der Waals surface area contributed by atoms with E-state index in [0.29, 0.717) is 25.6 Å². The maximum Gasteiger partial charge on any atom is 0.261 e. The number of rotatable bonds is 6. The van der Waals surface area contributed by atoms with Crippen molar-refractivity contribution in [3.05, 3.63) is 35.4 Å². The van der Waals surface area contributed by atoms with Crippen molar-refractivity contribution in [3.63, 3.8) is 0 Å². The van der Waals surface area contributed by atoms with Crippen LogP contribution in [0.5, 0.6) is 0 Å².